The lowest BCUT2D eigenvalue weighted by Crippen LogP contribution is -2.34. The van der Waals surface area contributed by atoms with E-state index in [1.54, 1.807) is 4.68 Å². The van der Waals surface area contributed by atoms with Crippen molar-refractivity contribution in [3.8, 4) is 16.9 Å². The molecule has 2 heterocycles. The minimum atomic E-state index is -0.131. The van der Waals surface area contributed by atoms with E-state index < -0.39 is 0 Å². The van der Waals surface area contributed by atoms with Crippen LogP contribution in [-0.4, -0.2) is 46.8 Å². The van der Waals surface area contributed by atoms with Crippen molar-refractivity contribution >= 4 is 17.5 Å². The molecule has 2 aromatic carbocycles. The van der Waals surface area contributed by atoms with Gasteiger partial charge in [-0.15, -0.1) is 0 Å². The fourth-order valence-corrected chi connectivity index (χ4v) is 3.71. The molecule has 1 aromatic heterocycles. The zero-order valence-electron chi connectivity index (χ0n) is 15.6. The Morgan fingerprint density at radius 2 is 1.82 bits per heavy atom. The van der Waals surface area contributed by atoms with E-state index in [2.05, 4.69) is 15.3 Å². The van der Waals surface area contributed by atoms with Gasteiger partial charge in [0.1, 0.15) is 5.69 Å². The predicted octanol–water partition coefficient (Wildman–Crippen LogP) is 4.02. The maximum atomic E-state index is 12.9. The molecule has 1 aliphatic rings. The first-order chi connectivity index (χ1) is 13.7. The number of hydrogen-bond donors (Lipinski definition) is 1. The molecular weight excluding hydrogens is 372 g/mol. The Labute approximate surface area is 169 Å². The van der Waals surface area contributed by atoms with Crippen molar-refractivity contribution in [1.82, 2.24) is 20.0 Å². The van der Waals surface area contributed by atoms with Crippen LogP contribution in [0.3, 0.4) is 0 Å². The predicted molar refractivity (Wildman–Crippen MR) is 112 cm³/mol. The molecule has 1 fully saturated rings. The molecular formula is C22H23ClN4O. The maximum Gasteiger partial charge on any atom is 0.270 e. The second-order valence-corrected chi connectivity index (χ2v) is 7.41. The Bertz CT molecular complexity index is 948. The summed E-state index contributed by atoms with van der Waals surface area (Å²) in [5.74, 6) is -0.131. The van der Waals surface area contributed by atoms with Crippen LogP contribution in [0.4, 0.5) is 0 Å². The number of carbonyl (C=O) groups is 1. The quantitative estimate of drug-likeness (QED) is 0.687. The molecule has 0 saturated carbocycles. The molecule has 0 unspecified atom stereocenters. The van der Waals surface area contributed by atoms with Crippen LogP contribution in [0.25, 0.3) is 16.9 Å². The Hall–Kier alpha value is -2.63. The third-order valence-corrected chi connectivity index (χ3v) is 5.21. The molecule has 28 heavy (non-hydrogen) atoms. The highest BCUT2D eigenvalue weighted by Gasteiger charge is 2.18. The number of likely N-dealkylation sites (tertiary alicyclic amines) is 1. The summed E-state index contributed by atoms with van der Waals surface area (Å²) in [5, 5.41) is 8.33. The Morgan fingerprint density at radius 1 is 1.04 bits per heavy atom. The molecule has 0 atom stereocenters. The second-order valence-electron chi connectivity index (χ2n) is 6.98. The van der Waals surface area contributed by atoms with Gasteiger partial charge in [-0.25, -0.2) is 4.68 Å². The molecule has 6 heteroatoms. The van der Waals surface area contributed by atoms with Crippen molar-refractivity contribution in [3.05, 3.63) is 71.4 Å². The number of amides is 1. The zero-order valence-corrected chi connectivity index (χ0v) is 16.4. The highest BCUT2D eigenvalue weighted by molar-refractivity contribution is 6.30. The summed E-state index contributed by atoms with van der Waals surface area (Å²) < 4.78 is 1.67. The van der Waals surface area contributed by atoms with E-state index in [0.717, 1.165) is 36.6 Å². The largest absolute Gasteiger partial charge is 0.349 e. The zero-order chi connectivity index (χ0) is 19.3. The van der Waals surface area contributed by atoms with E-state index in [1.165, 1.54) is 12.8 Å². The Morgan fingerprint density at radius 3 is 2.57 bits per heavy atom. The lowest BCUT2D eigenvalue weighted by atomic mass is 10.1. The summed E-state index contributed by atoms with van der Waals surface area (Å²) in [6.45, 7) is 3.74. The highest BCUT2D eigenvalue weighted by atomic mass is 35.5. The van der Waals surface area contributed by atoms with Crippen molar-refractivity contribution in [2.75, 3.05) is 26.2 Å². The number of halogens is 1. The van der Waals surface area contributed by atoms with Gasteiger partial charge in [-0.05, 0) is 50.2 Å². The number of carbonyl (C=O) groups excluding carboxylic acids is 1. The summed E-state index contributed by atoms with van der Waals surface area (Å²) >= 11 is 6.16. The summed E-state index contributed by atoms with van der Waals surface area (Å²) in [7, 11) is 0. The van der Waals surface area contributed by atoms with Crippen LogP contribution in [0.15, 0.2) is 60.7 Å². The van der Waals surface area contributed by atoms with Gasteiger partial charge in [-0.3, -0.25) is 4.79 Å². The van der Waals surface area contributed by atoms with Crippen LogP contribution >= 0.6 is 11.6 Å². The summed E-state index contributed by atoms with van der Waals surface area (Å²) in [5.41, 5.74) is 2.99. The van der Waals surface area contributed by atoms with Gasteiger partial charge in [-0.1, -0.05) is 48.0 Å². The van der Waals surface area contributed by atoms with E-state index >= 15 is 0 Å². The molecule has 1 N–H and O–H groups in total. The molecule has 0 bridgehead atoms. The van der Waals surface area contributed by atoms with Crippen LogP contribution < -0.4 is 5.32 Å². The van der Waals surface area contributed by atoms with Crippen molar-refractivity contribution in [3.63, 3.8) is 0 Å². The van der Waals surface area contributed by atoms with Crippen molar-refractivity contribution < 1.29 is 4.79 Å². The molecule has 1 amide bonds. The Kier molecular flexibility index (Phi) is 5.74. The first kappa shape index (κ1) is 18.7. The van der Waals surface area contributed by atoms with E-state index in [4.69, 9.17) is 11.6 Å². The number of nitrogens with zero attached hydrogens (tertiary/aromatic N) is 3. The highest BCUT2D eigenvalue weighted by Crippen LogP contribution is 2.23. The van der Waals surface area contributed by atoms with Crippen molar-refractivity contribution in [2.24, 2.45) is 0 Å². The monoisotopic (exact) mass is 394 g/mol. The smallest absolute Gasteiger partial charge is 0.270 e. The molecule has 5 nitrogen and oxygen atoms in total. The summed E-state index contributed by atoms with van der Waals surface area (Å²) in [6.07, 6.45) is 2.49. The van der Waals surface area contributed by atoms with Crippen molar-refractivity contribution in [1.29, 1.82) is 0 Å². The fraction of sp³-hybridized carbons (Fsp3) is 0.273. The van der Waals surface area contributed by atoms with Gasteiger partial charge in [0.25, 0.3) is 5.91 Å². The maximum absolute atomic E-state index is 12.9. The Balaban J connectivity index is 1.60. The van der Waals surface area contributed by atoms with E-state index in [9.17, 15) is 4.79 Å². The molecule has 4 rings (SSSR count). The van der Waals surface area contributed by atoms with Gasteiger partial charge in [0.05, 0.1) is 11.4 Å². The van der Waals surface area contributed by atoms with Crippen LogP contribution in [0.5, 0.6) is 0 Å². The molecule has 0 aliphatic carbocycles. The number of hydrogen-bond acceptors (Lipinski definition) is 3. The van der Waals surface area contributed by atoms with E-state index in [-0.39, 0.29) is 5.91 Å². The lowest BCUT2D eigenvalue weighted by Gasteiger charge is -2.15. The standard InChI is InChI=1S/C22H23ClN4O/c23-18-9-6-10-19(15-18)27-21(16-20(25-27)17-7-2-1-3-8-17)22(28)24-11-14-26-12-4-5-13-26/h1-3,6-10,15-16H,4-5,11-14H2,(H,24,28). The molecule has 3 aromatic rings. The number of benzene rings is 2. The summed E-state index contributed by atoms with van der Waals surface area (Å²) in [6, 6.07) is 19.1. The van der Waals surface area contributed by atoms with Gasteiger partial charge >= 0.3 is 0 Å². The third-order valence-electron chi connectivity index (χ3n) is 4.98. The molecule has 144 valence electrons. The van der Waals surface area contributed by atoms with Gasteiger partial charge in [-0.2, -0.15) is 5.10 Å². The van der Waals surface area contributed by atoms with E-state index in [0.29, 0.717) is 17.3 Å². The van der Waals surface area contributed by atoms with Gasteiger partial charge < -0.3 is 10.2 Å². The second kappa shape index (κ2) is 8.59. The van der Waals surface area contributed by atoms with Crippen molar-refractivity contribution in [2.45, 2.75) is 12.8 Å². The fourth-order valence-electron chi connectivity index (χ4n) is 3.52. The lowest BCUT2D eigenvalue weighted by molar-refractivity contribution is 0.0942. The van der Waals surface area contributed by atoms with Crippen LogP contribution in [0, 0.1) is 0 Å². The SMILES string of the molecule is O=C(NCCN1CCCC1)c1cc(-c2ccccc2)nn1-c1cccc(Cl)c1. The first-order valence-electron chi connectivity index (χ1n) is 9.63. The van der Waals surface area contributed by atoms with E-state index in [1.807, 2.05) is 60.7 Å². The third kappa shape index (κ3) is 4.26. The minimum Gasteiger partial charge on any atom is -0.349 e. The minimum absolute atomic E-state index is 0.131. The number of aromatic nitrogens is 2. The van der Waals surface area contributed by atoms with Gasteiger partial charge in [0, 0.05) is 23.7 Å². The topological polar surface area (TPSA) is 50.2 Å². The summed E-state index contributed by atoms with van der Waals surface area (Å²) in [4.78, 5) is 15.3. The molecule has 0 radical (unpaired) electrons. The van der Waals surface area contributed by atoms with Gasteiger partial charge in [0.2, 0.25) is 0 Å². The van der Waals surface area contributed by atoms with Crippen LogP contribution in [0.2, 0.25) is 5.02 Å². The molecule has 1 aliphatic heterocycles. The molecule has 1 saturated heterocycles. The average Bonchev–Trinajstić information content (AvgIpc) is 3.39. The van der Waals surface area contributed by atoms with Gasteiger partial charge in [0.15, 0.2) is 0 Å². The van der Waals surface area contributed by atoms with Crippen LogP contribution in [-0.2, 0) is 0 Å². The number of nitrogens with one attached hydrogen (secondary N) is 1. The molecule has 0 spiro atoms. The first-order valence-corrected chi connectivity index (χ1v) is 10.0. The average molecular weight is 395 g/mol. The van der Waals surface area contributed by atoms with Crippen LogP contribution in [0.1, 0.15) is 23.3 Å². The number of rotatable bonds is 6. The normalized spacial score (nSPS) is 14.3.